The van der Waals surface area contributed by atoms with Gasteiger partial charge in [-0.2, -0.15) is 0 Å². The molecule has 2 N–H and O–H groups in total. The SMILES string of the molecule is COc1cccc(C2CN(Cc3ccc(OC)c(C(=O)O)c3)Cc3[nH]cnc32)c1. The minimum absolute atomic E-state index is 0.109. The first kappa shape index (κ1) is 19.0. The number of carboxylic acids is 1. The molecule has 2 heterocycles. The lowest BCUT2D eigenvalue weighted by atomic mass is 9.90. The maximum absolute atomic E-state index is 11.5. The quantitative estimate of drug-likeness (QED) is 0.668. The average Bonchev–Trinajstić information content (AvgIpc) is 3.21. The highest BCUT2D eigenvalue weighted by Crippen LogP contribution is 2.34. The molecule has 1 unspecified atom stereocenters. The van der Waals surface area contributed by atoms with Gasteiger partial charge in [-0.25, -0.2) is 9.78 Å². The second kappa shape index (κ2) is 7.97. The first-order chi connectivity index (χ1) is 14.1. The predicted molar refractivity (Wildman–Crippen MR) is 107 cm³/mol. The van der Waals surface area contributed by atoms with Crippen molar-refractivity contribution in [3.8, 4) is 11.5 Å². The Morgan fingerprint density at radius 3 is 2.86 bits per heavy atom. The van der Waals surface area contributed by atoms with Crippen LogP contribution in [0.4, 0.5) is 0 Å². The van der Waals surface area contributed by atoms with Gasteiger partial charge >= 0.3 is 5.97 Å². The van der Waals surface area contributed by atoms with Gasteiger partial charge in [0.15, 0.2) is 0 Å². The fourth-order valence-electron chi connectivity index (χ4n) is 3.91. The van der Waals surface area contributed by atoms with Gasteiger partial charge in [0.2, 0.25) is 0 Å². The highest BCUT2D eigenvalue weighted by Gasteiger charge is 2.29. The van der Waals surface area contributed by atoms with Crippen LogP contribution in [0.5, 0.6) is 11.5 Å². The van der Waals surface area contributed by atoms with Crippen molar-refractivity contribution >= 4 is 5.97 Å². The summed E-state index contributed by atoms with van der Waals surface area (Å²) in [6.07, 6.45) is 1.73. The molecular formula is C22H23N3O4. The number of aromatic nitrogens is 2. The predicted octanol–water partition coefficient (Wildman–Crippen LogP) is 3.27. The minimum Gasteiger partial charge on any atom is -0.497 e. The van der Waals surface area contributed by atoms with Crippen LogP contribution in [0.3, 0.4) is 0 Å². The summed E-state index contributed by atoms with van der Waals surface area (Å²) in [4.78, 5) is 21.6. The van der Waals surface area contributed by atoms with E-state index in [1.54, 1.807) is 25.6 Å². The molecule has 29 heavy (non-hydrogen) atoms. The summed E-state index contributed by atoms with van der Waals surface area (Å²) < 4.78 is 10.6. The van der Waals surface area contributed by atoms with Gasteiger partial charge in [-0.05, 0) is 35.4 Å². The van der Waals surface area contributed by atoms with Crippen LogP contribution in [0.1, 0.15) is 38.8 Å². The lowest BCUT2D eigenvalue weighted by molar-refractivity contribution is 0.0693. The largest absolute Gasteiger partial charge is 0.497 e. The van der Waals surface area contributed by atoms with Crippen molar-refractivity contribution in [2.45, 2.75) is 19.0 Å². The number of benzene rings is 2. The number of rotatable bonds is 6. The van der Waals surface area contributed by atoms with Crippen LogP contribution in [0.2, 0.25) is 0 Å². The molecule has 3 aromatic rings. The van der Waals surface area contributed by atoms with Crippen molar-refractivity contribution in [3.05, 3.63) is 76.9 Å². The van der Waals surface area contributed by atoms with Crippen molar-refractivity contribution in [1.29, 1.82) is 0 Å². The van der Waals surface area contributed by atoms with Gasteiger partial charge < -0.3 is 19.6 Å². The number of imidazole rings is 1. The molecule has 1 aromatic heterocycles. The summed E-state index contributed by atoms with van der Waals surface area (Å²) in [5.41, 5.74) is 4.37. The fraction of sp³-hybridized carbons (Fsp3) is 0.273. The molecule has 0 amide bonds. The van der Waals surface area contributed by atoms with Crippen LogP contribution in [-0.4, -0.2) is 46.7 Å². The Hall–Kier alpha value is -3.32. The van der Waals surface area contributed by atoms with E-state index >= 15 is 0 Å². The average molecular weight is 393 g/mol. The number of nitrogens with zero attached hydrogens (tertiary/aromatic N) is 2. The first-order valence-corrected chi connectivity index (χ1v) is 9.37. The molecule has 0 bridgehead atoms. The van der Waals surface area contributed by atoms with E-state index in [9.17, 15) is 9.90 Å². The Labute approximate surface area is 168 Å². The van der Waals surface area contributed by atoms with Crippen molar-refractivity contribution in [3.63, 3.8) is 0 Å². The second-order valence-electron chi connectivity index (χ2n) is 7.10. The van der Waals surface area contributed by atoms with Gasteiger partial charge in [0, 0.05) is 25.6 Å². The Morgan fingerprint density at radius 1 is 1.24 bits per heavy atom. The summed E-state index contributed by atoms with van der Waals surface area (Å²) in [7, 11) is 3.14. The van der Waals surface area contributed by atoms with Crippen LogP contribution >= 0.6 is 0 Å². The molecule has 150 valence electrons. The van der Waals surface area contributed by atoms with E-state index in [-0.39, 0.29) is 11.5 Å². The molecule has 0 spiro atoms. The fourth-order valence-corrected chi connectivity index (χ4v) is 3.91. The van der Waals surface area contributed by atoms with E-state index in [0.29, 0.717) is 12.3 Å². The molecule has 7 heteroatoms. The molecular weight excluding hydrogens is 370 g/mol. The van der Waals surface area contributed by atoms with E-state index in [1.165, 1.54) is 7.11 Å². The molecule has 0 saturated carbocycles. The third kappa shape index (κ3) is 3.82. The number of carboxylic acid groups (broad SMARTS) is 1. The first-order valence-electron chi connectivity index (χ1n) is 9.37. The van der Waals surface area contributed by atoms with Crippen molar-refractivity contribution in [2.24, 2.45) is 0 Å². The summed E-state index contributed by atoms with van der Waals surface area (Å²) >= 11 is 0. The Morgan fingerprint density at radius 2 is 2.10 bits per heavy atom. The topological polar surface area (TPSA) is 87.7 Å². The number of H-pyrrole nitrogens is 1. The van der Waals surface area contributed by atoms with Crippen LogP contribution in [-0.2, 0) is 13.1 Å². The Bertz CT molecular complexity index is 1030. The summed E-state index contributed by atoms with van der Waals surface area (Å²) in [5.74, 6) is 0.299. The third-order valence-electron chi connectivity index (χ3n) is 5.30. The van der Waals surface area contributed by atoms with Gasteiger partial charge in [0.1, 0.15) is 17.1 Å². The molecule has 0 fully saturated rings. The minimum atomic E-state index is -0.993. The number of nitrogens with one attached hydrogen (secondary N) is 1. The van der Waals surface area contributed by atoms with Crippen LogP contribution in [0, 0.1) is 0 Å². The van der Waals surface area contributed by atoms with E-state index in [1.807, 2.05) is 24.3 Å². The van der Waals surface area contributed by atoms with Gasteiger partial charge in [-0.1, -0.05) is 18.2 Å². The number of methoxy groups -OCH3 is 2. The lowest BCUT2D eigenvalue weighted by Gasteiger charge is -2.32. The molecule has 2 aromatic carbocycles. The van der Waals surface area contributed by atoms with Gasteiger partial charge in [-0.15, -0.1) is 0 Å². The maximum Gasteiger partial charge on any atom is 0.339 e. The highest BCUT2D eigenvalue weighted by molar-refractivity contribution is 5.91. The normalized spacial score (nSPS) is 16.3. The van der Waals surface area contributed by atoms with Gasteiger partial charge in [-0.3, -0.25) is 4.90 Å². The lowest BCUT2D eigenvalue weighted by Crippen LogP contribution is -2.34. The molecule has 0 saturated heterocycles. The van der Waals surface area contributed by atoms with E-state index in [2.05, 4.69) is 20.9 Å². The second-order valence-corrected chi connectivity index (χ2v) is 7.10. The number of carbonyl (C=O) groups is 1. The monoisotopic (exact) mass is 393 g/mol. The number of hydrogen-bond donors (Lipinski definition) is 2. The molecule has 1 aliphatic heterocycles. The van der Waals surface area contributed by atoms with Crippen molar-refractivity contribution in [2.75, 3.05) is 20.8 Å². The van der Waals surface area contributed by atoms with Crippen molar-refractivity contribution < 1.29 is 19.4 Å². The zero-order valence-electron chi connectivity index (χ0n) is 16.4. The number of fused-ring (bicyclic) bond motifs is 1. The number of aromatic amines is 1. The van der Waals surface area contributed by atoms with Crippen LogP contribution in [0.15, 0.2) is 48.8 Å². The Balaban J connectivity index is 1.62. The van der Waals surface area contributed by atoms with Crippen LogP contribution < -0.4 is 9.47 Å². The number of ether oxygens (including phenoxy) is 2. The standard InChI is InChI=1S/C22H23N3O4/c1-28-16-5-3-4-15(9-16)18-11-25(12-19-21(18)24-13-23-19)10-14-6-7-20(29-2)17(8-14)22(26)27/h3-9,13,18H,10-12H2,1-2H3,(H,23,24)(H,26,27). The van der Waals surface area contributed by atoms with Gasteiger partial charge in [0.25, 0.3) is 0 Å². The smallest absolute Gasteiger partial charge is 0.339 e. The molecule has 0 radical (unpaired) electrons. The molecule has 0 aliphatic carbocycles. The van der Waals surface area contributed by atoms with E-state index in [0.717, 1.165) is 41.4 Å². The number of aromatic carboxylic acids is 1. The number of hydrogen-bond acceptors (Lipinski definition) is 5. The third-order valence-corrected chi connectivity index (χ3v) is 5.30. The molecule has 4 rings (SSSR count). The zero-order valence-corrected chi connectivity index (χ0v) is 16.4. The van der Waals surface area contributed by atoms with Crippen molar-refractivity contribution in [1.82, 2.24) is 14.9 Å². The van der Waals surface area contributed by atoms with E-state index < -0.39 is 5.97 Å². The Kier molecular flexibility index (Phi) is 5.22. The maximum atomic E-state index is 11.5. The molecule has 1 atom stereocenters. The highest BCUT2D eigenvalue weighted by atomic mass is 16.5. The summed E-state index contributed by atoms with van der Waals surface area (Å²) in [5, 5.41) is 9.45. The summed E-state index contributed by atoms with van der Waals surface area (Å²) in [6.45, 7) is 2.13. The van der Waals surface area contributed by atoms with Gasteiger partial charge in [0.05, 0.1) is 31.9 Å². The summed E-state index contributed by atoms with van der Waals surface area (Å²) in [6, 6.07) is 13.4. The van der Waals surface area contributed by atoms with E-state index in [4.69, 9.17) is 9.47 Å². The van der Waals surface area contributed by atoms with Crippen LogP contribution in [0.25, 0.3) is 0 Å². The zero-order chi connectivity index (χ0) is 20.4. The molecule has 1 aliphatic rings. The molecule has 7 nitrogen and oxygen atoms in total.